The average molecular weight is 570 g/mol. The predicted molar refractivity (Wildman–Crippen MR) is 151 cm³/mol. The number of amides is 1. The van der Waals surface area contributed by atoms with Crippen molar-refractivity contribution in [3.05, 3.63) is 35.5 Å². The Bertz CT molecular complexity index is 1310. The molecule has 2 aliphatic carbocycles. The first-order chi connectivity index (χ1) is 19.9. The fourth-order valence-electron chi connectivity index (χ4n) is 8.16. The van der Waals surface area contributed by atoms with Crippen LogP contribution < -0.4 is 5.73 Å². The summed E-state index contributed by atoms with van der Waals surface area (Å²) >= 11 is 0. The zero-order valence-corrected chi connectivity index (χ0v) is 23.7. The van der Waals surface area contributed by atoms with Gasteiger partial charge in [-0.2, -0.15) is 0 Å². The highest BCUT2D eigenvalue weighted by molar-refractivity contribution is 5.99. The molecule has 0 spiro atoms. The van der Waals surface area contributed by atoms with Crippen molar-refractivity contribution in [2.75, 3.05) is 26.4 Å². The highest BCUT2D eigenvalue weighted by Crippen LogP contribution is 2.42. The van der Waals surface area contributed by atoms with E-state index in [9.17, 15) is 23.2 Å². The SMILES string of the molecule is NCC1CCC(C(=O)N2CC[C@@H](C3CCCCC3)[C@H]2C(=O)Cc2ccc3c(c2)cc2n3C(CF)(CF)OC2=O)CC1. The summed E-state index contributed by atoms with van der Waals surface area (Å²) in [7, 11) is 0. The Labute approximate surface area is 239 Å². The van der Waals surface area contributed by atoms with Crippen LogP contribution in [-0.2, 0) is 26.5 Å². The number of fused-ring (bicyclic) bond motifs is 3. The van der Waals surface area contributed by atoms with Crippen LogP contribution in [0.2, 0.25) is 0 Å². The molecule has 2 aliphatic heterocycles. The first kappa shape index (κ1) is 28.3. The summed E-state index contributed by atoms with van der Waals surface area (Å²) in [5.74, 6) is 0.504. The van der Waals surface area contributed by atoms with Gasteiger partial charge in [0.2, 0.25) is 11.6 Å². The van der Waals surface area contributed by atoms with Crippen LogP contribution in [0.15, 0.2) is 24.3 Å². The average Bonchev–Trinajstić information content (AvgIpc) is 3.69. The topological polar surface area (TPSA) is 94.6 Å². The third-order valence-corrected chi connectivity index (χ3v) is 10.4. The Hall–Kier alpha value is -2.81. The molecule has 2 aromatic rings. The lowest BCUT2D eigenvalue weighted by Crippen LogP contribution is -2.48. The molecule has 41 heavy (non-hydrogen) atoms. The highest BCUT2D eigenvalue weighted by atomic mass is 19.1. The Morgan fingerprint density at radius 2 is 1.71 bits per heavy atom. The second-order valence-corrected chi connectivity index (χ2v) is 12.8. The summed E-state index contributed by atoms with van der Waals surface area (Å²) in [5.41, 5.74) is 5.25. The fourth-order valence-corrected chi connectivity index (χ4v) is 8.16. The molecule has 0 unspecified atom stereocenters. The van der Waals surface area contributed by atoms with E-state index in [-0.39, 0.29) is 35.6 Å². The lowest BCUT2D eigenvalue weighted by molar-refractivity contribution is -0.143. The number of cyclic esters (lactones) is 1. The van der Waals surface area contributed by atoms with Crippen LogP contribution in [0, 0.1) is 23.7 Å². The Balaban J connectivity index is 1.25. The Morgan fingerprint density at radius 3 is 2.39 bits per heavy atom. The van der Waals surface area contributed by atoms with Crippen molar-refractivity contribution in [1.82, 2.24) is 9.47 Å². The van der Waals surface area contributed by atoms with Crippen molar-refractivity contribution >= 4 is 28.6 Å². The van der Waals surface area contributed by atoms with Gasteiger partial charge < -0.3 is 15.4 Å². The number of ketones is 1. The van der Waals surface area contributed by atoms with Crippen molar-refractivity contribution in [2.24, 2.45) is 29.4 Å². The molecule has 222 valence electrons. The number of carbonyl (C=O) groups excluding carboxylic acids is 3. The van der Waals surface area contributed by atoms with Crippen LogP contribution in [-0.4, -0.2) is 59.6 Å². The lowest BCUT2D eigenvalue weighted by atomic mass is 9.75. The van der Waals surface area contributed by atoms with E-state index in [1.165, 1.54) is 23.8 Å². The van der Waals surface area contributed by atoms with E-state index in [1.807, 2.05) is 11.0 Å². The molecule has 4 aliphatic rings. The van der Waals surface area contributed by atoms with Gasteiger partial charge in [-0.15, -0.1) is 0 Å². The van der Waals surface area contributed by atoms with Crippen molar-refractivity contribution < 1.29 is 27.9 Å². The zero-order chi connectivity index (χ0) is 28.7. The van der Waals surface area contributed by atoms with E-state index in [0.29, 0.717) is 35.8 Å². The number of carbonyl (C=O) groups is 3. The molecule has 2 atom stereocenters. The molecule has 0 bridgehead atoms. The number of nitrogens with zero attached hydrogens (tertiary/aromatic N) is 2. The number of esters is 1. The van der Waals surface area contributed by atoms with E-state index in [4.69, 9.17) is 10.5 Å². The van der Waals surface area contributed by atoms with Gasteiger partial charge >= 0.3 is 5.97 Å². The molecular weight excluding hydrogens is 528 g/mol. The van der Waals surface area contributed by atoms with Crippen molar-refractivity contribution in [1.29, 1.82) is 0 Å². The Morgan fingerprint density at radius 1 is 0.976 bits per heavy atom. The van der Waals surface area contributed by atoms with Gasteiger partial charge in [0.25, 0.3) is 0 Å². The molecule has 7 nitrogen and oxygen atoms in total. The largest absolute Gasteiger partial charge is 0.428 e. The molecule has 1 aromatic heterocycles. The molecule has 3 heterocycles. The monoisotopic (exact) mass is 569 g/mol. The first-order valence-corrected chi connectivity index (χ1v) is 15.4. The number of aromatic nitrogens is 1. The molecular formula is C32H41F2N3O4. The van der Waals surface area contributed by atoms with Gasteiger partial charge in [0.1, 0.15) is 5.69 Å². The molecule has 2 saturated carbocycles. The van der Waals surface area contributed by atoms with Gasteiger partial charge in [0, 0.05) is 24.3 Å². The molecule has 1 amide bonds. The van der Waals surface area contributed by atoms with Crippen LogP contribution in [0.5, 0.6) is 0 Å². The molecule has 0 radical (unpaired) electrons. The predicted octanol–water partition coefficient (Wildman–Crippen LogP) is 5.08. The van der Waals surface area contributed by atoms with Crippen molar-refractivity contribution in [3.8, 4) is 0 Å². The number of nitrogens with two attached hydrogens (primary N) is 1. The van der Waals surface area contributed by atoms with Crippen LogP contribution in [0.25, 0.3) is 10.9 Å². The van der Waals surface area contributed by atoms with Gasteiger partial charge in [-0.25, -0.2) is 13.6 Å². The van der Waals surface area contributed by atoms with Gasteiger partial charge in [-0.05, 0) is 80.2 Å². The summed E-state index contributed by atoms with van der Waals surface area (Å²) in [4.78, 5) is 42.2. The van der Waals surface area contributed by atoms with Crippen LogP contribution >= 0.6 is 0 Å². The fraction of sp³-hybridized carbons (Fsp3) is 0.656. The van der Waals surface area contributed by atoms with Gasteiger partial charge in [0.15, 0.2) is 19.1 Å². The van der Waals surface area contributed by atoms with Gasteiger partial charge in [-0.1, -0.05) is 38.2 Å². The maximum Gasteiger partial charge on any atom is 0.357 e. The standard InChI is InChI=1S/C32H41F2N3O4/c33-18-32(19-34)37-26-11-8-21(14-24(26)16-27(37)31(40)41-32)15-28(38)29-25(22-4-2-1-3-5-22)12-13-36(29)30(39)23-9-6-20(17-35)7-10-23/h8,11,14,16,20,22-23,25,29H,1-7,9-10,12-13,15,17-19,35H2/t20?,23?,25-,29-/m0/s1. The third-order valence-electron chi connectivity index (χ3n) is 10.4. The number of benzene rings is 1. The molecule has 6 rings (SSSR count). The Kier molecular flexibility index (Phi) is 7.92. The number of alkyl halides is 2. The number of likely N-dealkylation sites (tertiary alicyclic amines) is 1. The van der Waals surface area contributed by atoms with Crippen LogP contribution in [0.3, 0.4) is 0 Å². The lowest BCUT2D eigenvalue weighted by Gasteiger charge is -2.36. The number of hydrogen-bond donors (Lipinski definition) is 1. The zero-order valence-electron chi connectivity index (χ0n) is 23.7. The molecule has 1 saturated heterocycles. The molecule has 1 aromatic carbocycles. The summed E-state index contributed by atoms with van der Waals surface area (Å²) in [6.07, 6.45) is 10.4. The quantitative estimate of drug-likeness (QED) is 0.448. The summed E-state index contributed by atoms with van der Waals surface area (Å²) in [6, 6.07) is 6.45. The van der Waals surface area contributed by atoms with Gasteiger partial charge in [0.05, 0.1) is 11.6 Å². The second-order valence-electron chi connectivity index (χ2n) is 12.8. The van der Waals surface area contributed by atoms with Crippen molar-refractivity contribution in [3.63, 3.8) is 0 Å². The smallest absolute Gasteiger partial charge is 0.357 e. The third kappa shape index (κ3) is 4.98. The van der Waals surface area contributed by atoms with E-state index >= 15 is 0 Å². The van der Waals surface area contributed by atoms with Crippen molar-refractivity contribution in [2.45, 2.75) is 82.4 Å². The second kappa shape index (κ2) is 11.5. The number of ether oxygens (including phenoxy) is 1. The number of rotatable bonds is 8. The van der Waals surface area contributed by atoms with E-state index in [2.05, 4.69) is 0 Å². The highest BCUT2D eigenvalue weighted by Gasteiger charge is 2.48. The van der Waals surface area contributed by atoms with E-state index < -0.39 is 31.1 Å². The first-order valence-electron chi connectivity index (χ1n) is 15.4. The summed E-state index contributed by atoms with van der Waals surface area (Å²) in [5, 5.41) is 0.632. The normalized spacial score (nSPS) is 28.2. The summed E-state index contributed by atoms with van der Waals surface area (Å²) in [6.45, 7) is -1.05. The van der Waals surface area contributed by atoms with E-state index in [0.717, 1.165) is 50.5 Å². The minimum absolute atomic E-state index is 0.0377. The molecule has 9 heteroatoms. The molecule has 2 N–H and O–H groups in total. The number of hydrogen-bond acceptors (Lipinski definition) is 5. The van der Waals surface area contributed by atoms with Gasteiger partial charge in [-0.3, -0.25) is 14.2 Å². The van der Waals surface area contributed by atoms with E-state index in [1.54, 1.807) is 18.2 Å². The minimum atomic E-state index is -1.98. The number of Topliss-reactive ketones (excluding diaryl/α,β-unsaturated/α-hetero) is 1. The number of halogens is 2. The maximum atomic E-state index is 14.1. The minimum Gasteiger partial charge on any atom is -0.428 e. The van der Waals surface area contributed by atoms with Crippen LogP contribution in [0.4, 0.5) is 8.78 Å². The summed E-state index contributed by atoms with van der Waals surface area (Å²) < 4.78 is 34.1. The maximum absolute atomic E-state index is 14.1. The molecule has 3 fully saturated rings. The van der Waals surface area contributed by atoms with Crippen LogP contribution in [0.1, 0.15) is 80.3 Å².